The Morgan fingerprint density at radius 2 is 1.42 bits per heavy atom. The maximum atomic E-state index is 13.5. The predicted molar refractivity (Wildman–Crippen MR) is 170 cm³/mol. The van der Waals surface area contributed by atoms with Crippen molar-refractivity contribution >= 4 is 46.0 Å². The molecule has 2 saturated heterocycles. The van der Waals surface area contributed by atoms with Crippen molar-refractivity contribution in [1.29, 1.82) is 0 Å². The van der Waals surface area contributed by atoms with Gasteiger partial charge in [0, 0.05) is 54.6 Å². The van der Waals surface area contributed by atoms with Crippen molar-refractivity contribution < 1.29 is 19.2 Å². The third kappa shape index (κ3) is 6.53. The summed E-state index contributed by atoms with van der Waals surface area (Å²) < 4.78 is 0. The molecule has 0 spiro atoms. The van der Waals surface area contributed by atoms with Gasteiger partial charge in [-0.25, -0.2) is 4.98 Å². The highest BCUT2D eigenvalue weighted by atomic mass is 16.2. The number of hydrogen-bond donors (Lipinski definition) is 2. The second-order valence-electron chi connectivity index (χ2n) is 11.1. The second kappa shape index (κ2) is 13.0. The van der Waals surface area contributed by atoms with Crippen LogP contribution in [0.25, 0.3) is 10.9 Å². The molecule has 2 N–H and O–H groups in total. The van der Waals surface area contributed by atoms with Crippen molar-refractivity contribution in [3.63, 3.8) is 0 Å². The van der Waals surface area contributed by atoms with Gasteiger partial charge < -0.3 is 20.4 Å². The standard InChI is InChI=1S/C35H32N6O4/c1-23(42)40-20-4-9-29(40)33(43)38-27-16-13-24(14-17-27)11-12-25-15-18-31(37-22-25)39-34(44)30-10-5-21-41(30)35(45)28-8-2-6-26-7-3-19-36-32(26)28/h2-3,6-8,13-19,22,29-30H,4-5,9-10,20-21H2,1H3,(H,38,43)(H,37,39,44)/t29-,30-/m0/s1. The number of carbonyl (C=O) groups is 4. The summed E-state index contributed by atoms with van der Waals surface area (Å²) >= 11 is 0. The molecule has 0 bridgehead atoms. The summed E-state index contributed by atoms with van der Waals surface area (Å²) in [6, 6.07) is 18.8. The molecule has 4 aromatic rings. The Hall–Kier alpha value is -5.56. The molecule has 10 nitrogen and oxygen atoms in total. The molecular weight excluding hydrogens is 568 g/mol. The first-order valence-electron chi connectivity index (χ1n) is 15.0. The number of pyridine rings is 2. The average Bonchev–Trinajstić information content (AvgIpc) is 3.76. The van der Waals surface area contributed by atoms with Crippen LogP contribution in [0, 0.1) is 11.8 Å². The molecule has 0 unspecified atom stereocenters. The molecule has 2 aliphatic heterocycles. The van der Waals surface area contributed by atoms with Gasteiger partial charge in [-0.1, -0.05) is 30.0 Å². The first-order chi connectivity index (χ1) is 21.9. The number of nitrogens with zero attached hydrogens (tertiary/aromatic N) is 4. The summed E-state index contributed by atoms with van der Waals surface area (Å²) in [4.78, 5) is 63.1. The highest BCUT2D eigenvalue weighted by Crippen LogP contribution is 2.25. The van der Waals surface area contributed by atoms with E-state index in [9.17, 15) is 19.2 Å². The summed E-state index contributed by atoms with van der Waals surface area (Å²) in [5, 5.41) is 6.61. The molecule has 2 fully saturated rings. The lowest BCUT2D eigenvalue weighted by Crippen LogP contribution is -2.43. The number of hydrogen-bond acceptors (Lipinski definition) is 6. The Kier molecular flexibility index (Phi) is 8.51. The minimum Gasteiger partial charge on any atom is -0.331 e. The lowest BCUT2D eigenvalue weighted by molar-refractivity contribution is -0.134. The zero-order valence-electron chi connectivity index (χ0n) is 24.8. The van der Waals surface area contributed by atoms with E-state index in [0.717, 1.165) is 23.8 Å². The van der Waals surface area contributed by atoms with E-state index in [4.69, 9.17) is 0 Å². The highest BCUT2D eigenvalue weighted by molar-refractivity contribution is 6.08. The number of carbonyl (C=O) groups excluding carboxylic acids is 4. The van der Waals surface area contributed by atoms with Crippen LogP contribution in [0.1, 0.15) is 54.1 Å². The van der Waals surface area contributed by atoms with Crippen LogP contribution in [-0.2, 0) is 14.4 Å². The van der Waals surface area contributed by atoms with Gasteiger partial charge >= 0.3 is 0 Å². The molecule has 2 aliphatic rings. The Labute approximate surface area is 260 Å². The number of para-hydroxylation sites is 1. The van der Waals surface area contributed by atoms with Gasteiger partial charge in [0.05, 0.1) is 11.1 Å². The van der Waals surface area contributed by atoms with E-state index in [0.29, 0.717) is 54.1 Å². The molecule has 2 aromatic heterocycles. The van der Waals surface area contributed by atoms with Crippen LogP contribution in [0.15, 0.2) is 79.1 Å². The normalized spacial score (nSPS) is 17.4. The topological polar surface area (TPSA) is 125 Å². The Morgan fingerprint density at radius 3 is 2.16 bits per heavy atom. The monoisotopic (exact) mass is 600 g/mol. The SMILES string of the molecule is CC(=O)N1CCC[C@H]1C(=O)Nc1ccc(C#Cc2ccc(NC(=O)[C@@H]3CCCN3C(=O)c3cccc4cccnc34)nc2)cc1. The third-order valence-corrected chi connectivity index (χ3v) is 8.16. The molecule has 45 heavy (non-hydrogen) atoms. The number of amides is 4. The van der Waals surface area contributed by atoms with Gasteiger partial charge in [-0.3, -0.25) is 24.2 Å². The fourth-order valence-electron chi connectivity index (χ4n) is 5.89. The molecule has 10 heteroatoms. The van der Waals surface area contributed by atoms with Crippen molar-refractivity contribution in [1.82, 2.24) is 19.8 Å². The second-order valence-corrected chi connectivity index (χ2v) is 11.1. The van der Waals surface area contributed by atoms with Gasteiger partial charge in [0.2, 0.25) is 17.7 Å². The van der Waals surface area contributed by atoms with Crippen molar-refractivity contribution in [2.24, 2.45) is 0 Å². The maximum absolute atomic E-state index is 13.5. The van der Waals surface area contributed by atoms with E-state index >= 15 is 0 Å². The molecule has 0 aliphatic carbocycles. The van der Waals surface area contributed by atoms with Crippen LogP contribution < -0.4 is 10.6 Å². The van der Waals surface area contributed by atoms with E-state index in [-0.39, 0.29) is 23.6 Å². The lowest BCUT2D eigenvalue weighted by atomic mass is 10.1. The van der Waals surface area contributed by atoms with Crippen molar-refractivity contribution in [3.8, 4) is 11.8 Å². The number of nitrogens with one attached hydrogen (secondary N) is 2. The maximum Gasteiger partial charge on any atom is 0.256 e. The number of rotatable bonds is 5. The van der Waals surface area contributed by atoms with Gasteiger partial charge in [-0.05, 0) is 74.2 Å². The summed E-state index contributed by atoms with van der Waals surface area (Å²) in [7, 11) is 0. The Balaban J connectivity index is 1.05. The van der Waals surface area contributed by atoms with Crippen molar-refractivity contribution in [2.75, 3.05) is 23.7 Å². The zero-order chi connectivity index (χ0) is 31.3. The van der Waals surface area contributed by atoms with Crippen LogP contribution >= 0.6 is 0 Å². The fraction of sp³-hybridized carbons (Fsp3) is 0.257. The Bertz CT molecular complexity index is 1820. The quantitative estimate of drug-likeness (QED) is 0.331. The van der Waals surface area contributed by atoms with Gasteiger partial charge in [-0.15, -0.1) is 0 Å². The molecule has 2 aromatic carbocycles. The average molecular weight is 601 g/mol. The first-order valence-corrected chi connectivity index (χ1v) is 15.0. The van der Waals surface area contributed by atoms with Crippen LogP contribution in [0.2, 0.25) is 0 Å². The fourth-order valence-corrected chi connectivity index (χ4v) is 5.89. The van der Waals surface area contributed by atoms with Crippen molar-refractivity contribution in [2.45, 2.75) is 44.7 Å². The summed E-state index contributed by atoms with van der Waals surface area (Å²) in [5.41, 5.74) is 3.16. The van der Waals surface area contributed by atoms with E-state index in [2.05, 4.69) is 32.4 Å². The molecular formula is C35H32N6O4. The van der Waals surface area contributed by atoms with Gasteiger partial charge in [0.25, 0.3) is 5.91 Å². The smallest absolute Gasteiger partial charge is 0.256 e. The number of likely N-dealkylation sites (tertiary alicyclic amines) is 2. The van der Waals surface area contributed by atoms with Crippen molar-refractivity contribution in [3.05, 3.63) is 95.8 Å². The molecule has 6 rings (SSSR count). The summed E-state index contributed by atoms with van der Waals surface area (Å²) in [5.74, 6) is 5.74. The summed E-state index contributed by atoms with van der Waals surface area (Å²) in [6.45, 7) is 2.58. The predicted octanol–water partition coefficient (Wildman–Crippen LogP) is 4.22. The van der Waals surface area contributed by atoms with Crippen LogP contribution in [0.4, 0.5) is 11.5 Å². The van der Waals surface area contributed by atoms with Gasteiger partial charge in [0.1, 0.15) is 17.9 Å². The van der Waals surface area contributed by atoms with Gasteiger partial charge in [-0.2, -0.15) is 0 Å². The largest absolute Gasteiger partial charge is 0.331 e. The minimum atomic E-state index is -0.600. The van der Waals surface area contributed by atoms with Gasteiger partial charge in [0.15, 0.2) is 0 Å². The molecule has 2 atom stereocenters. The lowest BCUT2D eigenvalue weighted by Gasteiger charge is -2.24. The molecule has 4 amide bonds. The Morgan fingerprint density at radius 1 is 0.756 bits per heavy atom. The third-order valence-electron chi connectivity index (χ3n) is 8.16. The van der Waals surface area contributed by atoms with E-state index in [1.54, 1.807) is 52.5 Å². The molecule has 4 heterocycles. The summed E-state index contributed by atoms with van der Waals surface area (Å²) in [6.07, 6.45) is 6.02. The number of fused-ring (bicyclic) bond motifs is 1. The number of aromatic nitrogens is 2. The van der Waals surface area contributed by atoms with E-state index < -0.39 is 12.1 Å². The van der Waals surface area contributed by atoms with Crippen LogP contribution in [0.5, 0.6) is 0 Å². The van der Waals surface area contributed by atoms with E-state index in [1.807, 2.05) is 36.4 Å². The zero-order valence-corrected chi connectivity index (χ0v) is 24.8. The number of benzene rings is 2. The minimum absolute atomic E-state index is 0.0918. The van der Waals surface area contributed by atoms with Crippen LogP contribution in [0.3, 0.4) is 0 Å². The molecule has 0 saturated carbocycles. The van der Waals surface area contributed by atoms with Crippen LogP contribution in [-0.4, -0.2) is 68.6 Å². The highest BCUT2D eigenvalue weighted by Gasteiger charge is 2.35. The van der Waals surface area contributed by atoms with E-state index in [1.165, 1.54) is 6.92 Å². The first kappa shape index (κ1) is 29.5. The number of anilines is 2. The molecule has 0 radical (unpaired) electrons. The molecule has 226 valence electrons.